The number of hydrogen-bond donors (Lipinski definition) is 0. The van der Waals surface area contributed by atoms with Crippen LogP contribution in [0.5, 0.6) is 0 Å². The van der Waals surface area contributed by atoms with Crippen LogP contribution in [0.1, 0.15) is 12.8 Å². The van der Waals surface area contributed by atoms with Crippen molar-refractivity contribution in [2.24, 2.45) is 0 Å². The molecular formula is C5H11FO2S. The van der Waals surface area contributed by atoms with Gasteiger partial charge in [-0.1, -0.05) is 0 Å². The third-order valence-electron chi connectivity index (χ3n) is 0.899. The molecule has 0 rings (SSSR count). The predicted octanol–water partition coefficient (Wildman–Crippen LogP) is 0.781. The van der Waals surface area contributed by atoms with Crippen molar-refractivity contribution in [1.29, 1.82) is 0 Å². The van der Waals surface area contributed by atoms with Crippen LogP contribution in [0.25, 0.3) is 0 Å². The second-order valence-corrected chi connectivity index (χ2v) is 4.29. The molecule has 0 bridgehead atoms. The summed E-state index contributed by atoms with van der Waals surface area (Å²) >= 11 is 0. The maximum Gasteiger partial charge on any atom is 0.147 e. The lowest BCUT2D eigenvalue weighted by Crippen LogP contribution is -2.02. The number of rotatable bonds is 4. The Labute approximate surface area is 55.0 Å². The molecule has 0 aromatic heterocycles. The molecule has 0 heterocycles. The minimum absolute atomic E-state index is 0.108. The summed E-state index contributed by atoms with van der Waals surface area (Å²) in [6, 6.07) is 0. The van der Waals surface area contributed by atoms with Crippen molar-refractivity contribution in [3.63, 3.8) is 0 Å². The van der Waals surface area contributed by atoms with E-state index in [1.54, 1.807) is 0 Å². The van der Waals surface area contributed by atoms with Gasteiger partial charge in [-0.15, -0.1) is 0 Å². The van der Waals surface area contributed by atoms with Crippen LogP contribution in [0.3, 0.4) is 0 Å². The highest BCUT2D eigenvalue weighted by Gasteiger charge is 1.99. The maximum absolute atomic E-state index is 11.4. The Hall–Kier alpha value is -0.120. The van der Waals surface area contributed by atoms with E-state index >= 15 is 0 Å². The molecule has 0 aliphatic rings. The van der Waals surface area contributed by atoms with Gasteiger partial charge in [-0.3, -0.25) is 4.39 Å². The van der Waals surface area contributed by atoms with Gasteiger partial charge in [0, 0.05) is 12.0 Å². The third-order valence-corrected chi connectivity index (χ3v) is 1.93. The van der Waals surface area contributed by atoms with Gasteiger partial charge in [0.15, 0.2) is 0 Å². The number of unbranched alkanes of at least 4 members (excludes halogenated alkanes) is 1. The first-order valence-corrected chi connectivity index (χ1v) is 4.86. The molecule has 0 radical (unpaired) electrons. The molecule has 0 unspecified atom stereocenters. The Balaban J connectivity index is 3.30. The van der Waals surface area contributed by atoms with E-state index in [9.17, 15) is 12.8 Å². The zero-order valence-electron chi connectivity index (χ0n) is 5.43. The van der Waals surface area contributed by atoms with Crippen molar-refractivity contribution in [3.05, 3.63) is 0 Å². The van der Waals surface area contributed by atoms with E-state index < -0.39 is 16.5 Å². The molecule has 0 spiro atoms. The highest BCUT2D eigenvalue weighted by molar-refractivity contribution is 7.90. The summed E-state index contributed by atoms with van der Waals surface area (Å²) in [5.41, 5.74) is 0. The van der Waals surface area contributed by atoms with Crippen LogP contribution in [-0.2, 0) is 9.84 Å². The van der Waals surface area contributed by atoms with Crippen molar-refractivity contribution in [1.82, 2.24) is 0 Å². The molecule has 0 amide bonds. The van der Waals surface area contributed by atoms with E-state index in [1.165, 1.54) is 0 Å². The number of sulfone groups is 1. The summed E-state index contributed by atoms with van der Waals surface area (Å²) < 4.78 is 32.1. The zero-order valence-corrected chi connectivity index (χ0v) is 6.25. The zero-order chi connectivity index (χ0) is 7.33. The average Bonchev–Trinajstić information content (AvgIpc) is 1.63. The lowest BCUT2D eigenvalue weighted by molar-refractivity contribution is 0.468. The Morgan fingerprint density at radius 3 is 2.22 bits per heavy atom. The lowest BCUT2D eigenvalue weighted by atomic mass is 10.4. The molecule has 0 aliphatic carbocycles. The van der Waals surface area contributed by atoms with Gasteiger partial charge in [-0.2, -0.15) is 0 Å². The highest BCUT2D eigenvalue weighted by Crippen LogP contribution is 1.93. The smallest absolute Gasteiger partial charge is 0.147 e. The summed E-state index contributed by atoms with van der Waals surface area (Å²) in [6.07, 6.45) is 1.95. The van der Waals surface area contributed by atoms with Crippen LogP contribution in [0.4, 0.5) is 4.39 Å². The van der Waals surface area contributed by atoms with Crippen molar-refractivity contribution in [3.8, 4) is 0 Å². The van der Waals surface area contributed by atoms with E-state index in [2.05, 4.69) is 0 Å². The summed E-state index contributed by atoms with van der Waals surface area (Å²) in [4.78, 5) is 0. The first-order valence-electron chi connectivity index (χ1n) is 2.80. The van der Waals surface area contributed by atoms with Crippen molar-refractivity contribution >= 4 is 9.84 Å². The monoisotopic (exact) mass is 154 g/mol. The molecule has 9 heavy (non-hydrogen) atoms. The Morgan fingerprint density at radius 1 is 1.33 bits per heavy atom. The van der Waals surface area contributed by atoms with E-state index in [4.69, 9.17) is 0 Å². The van der Waals surface area contributed by atoms with Gasteiger partial charge in [-0.25, -0.2) is 8.42 Å². The van der Waals surface area contributed by atoms with Gasteiger partial charge < -0.3 is 0 Å². The quantitative estimate of drug-likeness (QED) is 0.561. The molecule has 0 aromatic carbocycles. The minimum Gasteiger partial charge on any atom is -0.251 e. The molecular weight excluding hydrogens is 143 g/mol. The van der Waals surface area contributed by atoms with Crippen LogP contribution in [0, 0.1) is 0 Å². The fourth-order valence-electron chi connectivity index (χ4n) is 0.459. The molecule has 4 heteroatoms. The Bertz CT molecular complexity index is 150. The Morgan fingerprint density at radius 2 is 1.89 bits per heavy atom. The minimum atomic E-state index is -2.86. The maximum atomic E-state index is 11.4. The number of alkyl halides is 1. The molecule has 0 saturated carbocycles. The van der Waals surface area contributed by atoms with Gasteiger partial charge in [0.05, 0.1) is 6.67 Å². The highest BCUT2D eigenvalue weighted by atomic mass is 32.2. The molecule has 0 saturated heterocycles. The second kappa shape index (κ2) is 3.82. The predicted molar refractivity (Wildman–Crippen MR) is 34.9 cm³/mol. The first-order chi connectivity index (χ1) is 4.06. The van der Waals surface area contributed by atoms with Gasteiger partial charge in [0.2, 0.25) is 0 Å². The third kappa shape index (κ3) is 7.88. The fourth-order valence-corrected chi connectivity index (χ4v) is 1.19. The second-order valence-electron chi connectivity index (χ2n) is 2.03. The van der Waals surface area contributed by atoms with E-state index in [1.807, 2.05) is 0 Å². The standard InChI is InChI=1S/C5H11FO2S/c1-9(7,8)5-3-2-4-6/h2-5H2,1H3. The van der Waals surface area contributed by atoms with Crippen molar-refractivity contribution in [2.45, 2.75) is 12.8 Å². The summed E-state index contributed by atoms with van der Waals surface area (Å²) in [6.45, 7) is -0.421. The van der Waals surface area contributed by atoms with Gasteiger partial charge in [-0.05, 0) is 12.8 Å². The topological polar surface area (TPSA) is 34.1 Å². The van der Waals surface area contributed by atoms with E-state index in [0.29, 0.717) is 12.8 Å². The molecule has 0 aromatic rings. The van der Waals surface area contributed by atoms with Crippen LogP contribution < -0.4 is 0 Å². The van der Waals surface area contributed by atoms with Crippen LogP contribution in [0.15, 0.2) is 0 Å². The van der Waals surface area contributed by atoms with E-state index in [0.717, 1.165) is 6.26 Å². The molecule has 0 fully saturated rings. The fraction of sp³-hybridized carbons (Fsp3) is 1.00. The van der Waals surface area contributed by atoms with Gasteiger partial charge >= 0.3 is 0 Å². The molecule has 0 N–H and O–H groups in total. The normalized spacial score (nSPS) is 11.8. The summed E-state index contributed by atoms with van der Waals surface area (Å²) in [7, 11) is -2.86. The lowest BCUT2D eigenvalue weighted by Gasteiger charge is -1.92. The van der Waals surface area contributed by atoms with Crippen LogP contribution in [0.2, 0.25) is 0 Å². The molecule has 0 aliphatic heterocycles. The van der Waals surface area contributed by atoms with Gasteiger partial charge in [0.1, 0.15) is 9.84 Å². The molecule has 56 valence electrons. The number of halogens is 1. The van der Waals surface area contributed by atoms with E-state index in [-0.39, 0.29) is 5.75 Å². The van der Waals surface area contributed by atoms with Gasteiger partial charge in [0.25, 0.3) is 0 Å². The largest absolute Gasteiger partial charge is 0.251 e. The van der Waals surface area contributed by atoms with Crippen molar-refractivity contribution in [2.75, 3.05) is 18.7 Å². The summed E-state index contributed by atoms with van der Waals surface area (Å²) in [5, 5.41) is 0. The number of hydrogen-bond acceptors (Lipinski definition) is 2. The van der Waals surface area contributed by atoms with Crippen molar-refractivity contribution < 1.29 is 12.8 Å². The van der Waals surface area contributed by atoms with Crippen LogP contribution >= 0.6 is 0 Å². The first kappa shape index (κ1) is 8.88. The van der Waals surface area contributed by atoms with Crippen LogP contribution in [-0.4, -0.2) is 27.1 Å². The SMILES string of the molecule is CS(=O)(=O)CCCCF. The molecule has 0 atom stereocenters. The molecule has 2 nitrogen and oxygen atoms in total. The average molecular weight is 154 g/mol. The Kier molecular flexibility index (Phi) is 3.77. The summed E-state index contributed by atoms with van der Waals surface area (Å²) in [5.74, 6) is 0.108.